The van der Waals surface area contributed by atoms with Gasteiger partial charge in [-0.3, -0.25) is 25.2 Å². The predicted molar refractivity (Wildman–Crippen MR) is 118 cm³/mol. The summed E-state index contributed by atoms with van der Waals surface area (Å²) in [5.74, 6) is -0.768. The van der Waals surface area contributed by atoms with Crippen LogP contribution in [0, 0.1) is 6.92 Å². The lowest BCUT2D eigenvalue weighted by Gasteiger charge is -2.13. The maximum atomic E-state index is 12.6. The van der Waals surface area contributed by atoms with Crippen molar-refractivity contribution < 1.29 is 23.2 Å². The average Bonchev–Trinajstić information content (AvgIpc) is 3.45. The number of hydrazone groups is 1. The van der Waals surface area contributed by atoms with E-state index in [1.54, 1.807) is 37.3 Å². The fourth-order valence-corrected chi connectivity index (χ4v) is 3.68. The molecule has 9 nitrogen and oxygen atoms in total. The van der Waals surface area contributed by atoms with Gasteiger partial charge in [-0.05, 0) is 56.2 Å². The zero-order valence-electron chi connectivity index (χ0n) is 17.0. The summed E-state index contributed by atoms with van der Waals surface area (Å²) in [6.07, 6.45) is 3.40. The molecule has 4 rings (SSSR count). The van der Waals surface area contributed by atoms with Gasteiger partial charge in [0.15, 0.2) is 11.5 Å². The van der Waals surface area contributed by atoms with Gasteiger partial charge in [-0.1, -0.05) is 15.9 Å². The third kappa shape index (κ3) is 4.50. The van der Waals surface area contributed by atoms with Crippen molar-refractivity contribution in [3.8, 4) is 0 Å². The highest BCUT2D eigenvalue weighted by molar-refractivity contribution is 9.10. The summed E-state index contributed by atoms with van der Waals surface area (Å²) in [4.78, 5) is 36.9. The number of aryl methyl sites for hydroxylation is 1. The highest BCUT2D eigenvalue weighted by Gasteiger charge is 2.28. The zero-order chi connectivity index (χ0) is 22.7. The van der Waals surface area contributed by atoms with E-state index in [0.717, 1.165) is 10.9 Å². The molecule has 32 heavy (non-hydrogen) atoms. The van der Waals surface area contributed by atoms with Crippen molar-refractivity contribution in [2.24, 2.45) is 5.10 Å². The van der Waals surface area contributed by atoms with E-state index in [-0.39, 0.29) is 17.4 Å². The summed E-state index contributed by atoms with van der Waals surface area (Å²) in [6.45, 7) is 1.74. The first-order chi connectivity index (χ1) is 15.4. The van der Waals surface area contributed by atoms with Crippen molar-refractivity contribution in [1.82, 2.24) is 16.3 Å². The molecule has 0 aliphatic heterocycles. The van der Waals surface area contributed by atoms with Crippen LogP contribution in [0.25, 0.3) is 0 Å². The fourth-order valence-electron chi connectivity index (χ4n) is 3.42. The van der Waals surface area contributed by atoms with Gasteiger partial charge in [0.25, 0.3) is 5.91 Å². The molecule has 0 fully saturated rings. The van der Waals surface area contributed by atoms with E-state index in [4.69, 9.17) is 8.83 Å². The quantitative estimate of drug-likeness (QED) is 0.474. The standard InChI is InChI=1S/C22H19BrN4O5/c1-12-18-15(24-25-20(28)13-7-9-14(23)10-8-13)4-2-5-16(18)32-19(12)22(30)27-26-21(29)17-6-3-11-31-17/h3,6-11H,2,4-5H2,1H3,(H,25,28)(H,26,29)(H,27,30)/b24-15+. The molecule has 2 aromatic heterocycles. The van der Waals surface area contributed by atoms with Crippen molar-refractivity contribution in [2.45, 2.75) is 26.2 Å². The van der Waals surface area contributed by atoms with E-state index in [2.05, 4.69) is 37.3 Å². The lowest BCUT2D eigenvalue weighted by atomic mass is 9.93. The van der Waals surface area contributed by atoms with Crippen LogP contribution in [-0.2, 0) is 6.42 Å². The normalized spacial score (nSPS) is 14.0. The molecule has 2 heterocycles. The maximum absolute atomic E-state index is 12.6. The molecule has 0 radical (unpaired) electrons. The smallest absolute Gasteiger partial charge is 0.305 e. The zero-order valence-corrected chi connectivity index (χ0v) is 18.6. The van der Waals surface area contributed by atoms with Crippen molar-refractivity contribution in [2.75, 3.05) is 0 Å². The van der Waals surface area contributed by atoms with Crippen LogP contribution < -0.4 is 16.3 Å². The van der Waals surface area contributed by atoms with Crippen LogP contribution in [0.1, 0.15) is 61.2 Å². The topological polar surface area (TPSA) is 126 Å². The molecule has 0 atom stereocenters. The summed E-state index contributed by atoms with van der Waals surface area (Å²) in [6, 6.07) is 9.97. The number of hydrogen-bond acceptors (Lipinski definition) is 6. The Morgan fingerprint density at radius 1 is 1.00 bits per heavy atom. The van der Waals surface area contributed by atoms with Crippen molar-refractivity contribution in [3.63, 3.8) is 0 Å². The van der Waals surface area contributed by atoms with Gasteiger partial charge in [0.1, 0.15) is 5.76 Å². The van der Waals surface area contributed by atoms with E-state index < -0.39 is 11.8 Å². The molecular formula is C22H19BrN4O5. The highest BCUT2D eigenvalue weighted by atomic mass is 79.9. The second-order valence-corrected chi connectivity index (χ2v) is 8.02. The number of carbonyl (C=O) groups excluding carboxylic acids is 3. The van der Waals surface area contributed by atoms with E-state index in [0.29, 0.717) is 41.0 Å². The average molecular weight is 499 g/mol. The largest absolute Gasteiger partial charge is 0.459 e. The van der Waals surface area contributed by atoms with Crippen LogP contribution in [0.15, 0.2) is 61.1 Å². The Balaban J connectivity index is 1.49. The van der Waals surface area contributed by atoms with Crippen molar-refractivity contribution in [3.05, 3.63) is 81.1 Å². The summed E-state index contributed by atoms with van der Waals surface area (Å²) >= 11 is 3.33. The molecule has 1 aliphatic carbocycles. The van der Waals surface area contributed by atoms with Gasteiger partial charge >= 0.3 is 11.8 Å². The van der Waals surface area contributed by atoms with Gasteiger partial charge in [-0.15, -0.1) is 0 Å². The molecule has 10 heteroatoms. The second kappa shape index (κ2) is 9.23. The molecule has 0 saturated carbocycles. The van der Waals surface area contributed by atoms with E-state index >= 15 is 0 Å². The van der Waals surface area contributed by atoms with Crippen LogP contribution in [0.5, 0.6) is 0 Å². The number of nitrogens with zero attached hydrogens (tertiary/aromatic N) is 1. The van der Waals surface area contributed by atoms with Crippen LogP contribution in [0.3, 0.4) is 0 Å². The van der Waals surface area contributed by atoms with Crippen LogP contribution in [0.2, 0.25) is 0 Å². The maximum Gasteiger partial charge on any atom is 0.305 e. The number of furan rings is 2. The Morgan fingerprint density at radius 2 is 1.75 bits per heavy atom. The number of carbonyl (C=O) groups is 3. The van der Waals surface area contributed by atoms with Crippen LogP contribution >= 0.6 is 15.9 Å². The molecule has 0 unspecified atom stereocenters. The molecule has 0 bridgehead atoms. The van der Waals surface area contributed by atoms with Gasteiger partial charge in [0, 0.05) is 27.6 Å². The Labute approximate surface area is 191 Å². The number of nitrogens with one attached hydrogen (secondary N) is 3. The number of fused-ring (bicyclic) bond motifs is 1. The van der Waals surface area contributed by atoms with Gasteiger partial charge in [0.2, 0.25) is 0 Å². The number of rotatable bonds is 4. The van der Waals surface area contributed by atoms with Crippen LogP contribution in [-0.4, -0.2) is 23.4 Å². The third-order valence-electron chi connectivity index (χ3n) is 4.97. The van der Waals surface area contributed by atoms with Crippen molar-refractivity contribution in [1.29, 1.82) is 0 Å². The van der Waals surface area contributed by atoms with Crippen LogP contribution in [0.4, 0.5) is 0 Å². The molecule has 3 amide bonds. The number of halogens is 1. The molecule has 0 spiro atoms. The monoisotopic (exact) mass is 498 g/mol. The summed E-state index contributed by atoms with van der Waals surface area (Å²) in [5, 5.41) is 4.30. The first kappa shape index (κ1) is 21.6. The number of hydrogen-bond donors (Lipinski definition) is 3. The third-order valence-corrected chi connectivity index (χ3v) is 5.49. The molecular weight excluding hydrogens is 480 g/mol. The number of hydrazine groups is 1. The molecule has 1 aromatic carbocycles. The van der Waals surface area contributed by atoms with Crippen molar-refractivity contribution >= 4 is 39.4 Å². The predicted octanol–water partition coefficient (Wildman–Crippen LogP) is 3.49. The van der Waals surface area contributed by atoms with E-state index in [1.807, 2.05) is 0 Å². The van der Waals surface area contributed by atoms with Gasteiger partial charge < -0.3 is 8.83 Å². The molecule has 3 N–H and O–H groups in total. The Bertz CT molecular complexity index is 1200. The summed E-state index contributed by atoms with van der Waals surface area (Å²) < 4.78 is 11.6. The minimum Gasteiger partial charge on any atom is -0.459 e. The Hall–Kier alpha value is -3.66. The minimum absolute atomic E-state index is 0.0664. The van der Waals surface area contributed by atoms with Gasteiger partial charge in [0.05, 0.1) is 12.0 Å². The van der Waals surface area contributed by atoms with E-state index in [9.17, 15) is 14.4 Å². The molecule has 0 saturated heterocycles. The lowest BCUT2D eigenvalue weighted by molar-refractivity contribution is 0.0815. The number of amides is 3. The lowest BCUT2D eigenvalue weighted by Crippen LogP contribution is -2.41. The van der Waals surface area contributed by atoms with Gasteiger partial charge in [-0.2, -0.15) is 5.10 Å². The Morgan fingerprint density at radius 3 is 2.47 bits per heavy atom. The molecule has 1 aliphatic rings. The minimum atomic E-state index is -0.602. The number of benzene rings is 1. The summed E-state index contributed by atoms with van der Waals surface area (Å²) in [5.41, 5.74) is 9.58. The Kier molecular flexibility index (Phi) is 6.22. The highest BCUT2D eigenvalue weighted by Crippen LogP contribution is 2.29. The SMILES string of the molecule is Cc1c(C(=O)NNC(=O)c2ccco2)oc2c1/C(=N/NC(=O)c1ccc(Br)cc1)CCC2. The first-order valence-electron chi connectivity index (χ1n) is 9.83. The summed E-state index contributed by atoms with van der Waals surface area (Å²) in [7, 11) is 0. The van der Waals surface area contributed by atoms with Gasteiger partial charge in [-0.25, -0.2) is 5.43 Å². The fraction of sp³-hybridized carbons (Fsp3) is 0.182. The first-order valence-corrected chi connectivity index (χ1v) is 10.6. The van der Waals surface area contributed by atoms with E-state index in [1.165, 1.54) is 12.3 Å². The molecule has 3 aromatic rings. The second-order valence-electron chi connectivity index (χ2n) is 7.10. The molecule has 164 valence electrons.